The van der Waals surface area contributed by atoms with Crippen LogP contribution in [0.25, 0.3) is 0 Å². The van der Waals surface area contributed by atoms with Crippen LogP contribution < -0.4 is 4.90 Å². The van der Waals surface area contributed by atoms with Gasteiger partial charge in [0.1, 0.15) is 5.69 Å². The molecule has 6 heteroatoms. The molecule has 22 heavy (non-hydrogen) atoms. The Labute approximate surface area is 131 Å². The molecule has 0 radical (unpaired) electrons. The lowest BCUT2D eigenvalue weighted by Crippen LogP contribution is -2.36. The summed E-state index contributed by atoms with van der Waals surface area (Å²) < 4.78 is 0. The summed E-state index contributed by atoms with van der Waals surface area (Å²) in [7, 11) is 5.21. The highest BCUT2D eigenvalue weighted by Crippen LogP contribution is 2.28. The van der Waals surface area contributed by atoms with Crippen molar-refractivity contribution in [2.45, 2.75) is 33.2 Å². The monoisotopic (exact) mass is 307 g/mol. The summed E-state index contributed by atoms with van der Waals surface area (Å²) in [5, 5.41) is 11.2. The molecule has 0 saturated carbocycles. The topological polar surface area (TPSA) is 66.7 Å². The Balaban J connectivity index is 3.09. The SMILES string of the molecule is CC(C)C[C@@H](C)N(C)C(=O)c1ccc(N(C)C)c([N+](=O)[O-])c1. The minimum atomic E-state index is -0.455. The Bertz CT molecular complexity index is 556. The highest BCUT2D eigenvalue weighted by molar-refractivity contribution is 5.95. The molecule has 0 saturated heterocycles. The van der Waals surface area contributed by atoms with Crippen molar-refractivity contribution in [2.75, 3.05) is 26.0 Å². The van der Waals surface area contributed by atoms with Gasteiger partial charge in [0.25, 0.3) is 11.6 Å². The Hall–Kier alpha value is -2.11. The number of nitrogens with zero attached hydrogens (tertiary/aromatic N) is 3. The van der Waals surface area contributed by atoms with Gasteiger partial charge in [0.05, 0.1) is 4.92 Å². The minimum Gasteiger partial charge on any atom is -0.372 e. The first-order valence-corrected chi connectivity index (χ1v) is 7.38. The van der Waals surface area contributed by atoms with Crippen LogP contribution >= 0.6 is 0 Å². The summed E-state index contributed by atoms with van der Waals surface area (Å²) in [5.41, 5.74) is 0.774. The second kappa shape index (κ2) is 7.24. The van der Waals surface area contributed by atoms with Crippen LogP contribution in [-0.2, 0) is 0 Å². The predicted molar refractivity (Wildman–Crippen MR) is 88.4 cm³/mol. The van der Waals surface area contributed by atoms with E-state index in [1.165, 1.54) is 6.07 Å². The molecule has 0 aliphatic carbocycles. The van der Waals surface area contributed by atoms with Crippen LogP contribution in [-0.4, -0.2) is 42.9 Å². The summed E-state index contributed by atoms with van der Waals surface area (Å²) in [5.74, 6) is 0.289. The quantitative estimate of drug-likeness (QED) is 0.598. The van der Waals surface area contributed by atoms with Gasteiger partial charge >= 0.3 is 0 Å². The zero-order chi connectivity index (χ0) is 17.0. The number of rotatable bonds is 6. The molecule has 0 aliphatic rings. The minimum absolute atomic E-state index is 0.0548. The smallest absolute Gasteiger partial charge is 0.293 e. The van der Waals surface area contributed by atoms with E-state index >= 15 is 0 Å². The van der Waals surface area contributed by atoms with E-state index < -0.39 is 4.92 Å². The van der Waals surface area contributed by atoms with Gasteiger partial charge in [-0.3, -0.25) is 14.9 Å². The molecule has 0 aromatic heterocycles. The number of hydrogen-bond acceptors (Lipinski definition) is 4. The first-order chi connectivity index (χ1) is 10.1. The summed E-state index contributed by atoms with van der Waals surface area (Å²) in [6.07, 6.45) is 0.889. The molecule has 1 rings (SSSR count). The predicted octanol–water partition coefficient (Wildman–Crippen LogP) is 3.17. The van der Waals surface area contributed by atoms with Crippen LogP contribution in [0.5, 0.6) is 0 Å². The molecule has 0 aliphatic heterocycles. The summed E-state index contributed by atoms with van der Waals surface area (Å²) in [4.78, 5) is 26.6. The van der Waals surface area contributed by atoms with Crippen LogP contribution in [0.4, 0.5) is 11.4 Å². The van der Waals surface area contributed by atoms with E-state index in [1.54, 1.807) is 43.1 Å². The number of carbonyl (C=O) groups excluding carboxylic acids is 1. The molecule has 0 heterocycles. The molecule has 6 nitrogen and oxygen atoms in total. The van der Waals surface area contributed by atoms with Crippen LogP contribution in [0.15, 0.2) is 18.2 Å². The molecular formula is C16H25N3O3. The summed E-state index contributed by atoms with van der Waals surface area (Å²) in [6.45, 7) is 6.19. The van der Waals surface area contributed by atoms with Gasteiger partial charge in [-0.2, -0.15) is 0 Å². The fourth-order valence-electron chi connectivity index (χ4n) is 2.43. The third-order valence-corrected chi connectivity index (χ3v) is 3.69. The molecule has 0 fully saturated rings. The van der Waals surface area contributed by atoms with Gasteiger partial charge in [0.15, 0.2) is 0 Å². The van der Waals surface area contributed by atoms with Crippen LogP contribution in [0.1, 0.15) is 37.6 Å². The molecule has 1 amide bonds. The van der Waals surface area contributed by atoms with E-state index in [1.807, 2.05) is 6.92 Å². The van der Waals surface area contributed by atoms with Gasteiger partial charge in [-0.15, -0.1) is 0 Å². The van der Waals surface area contributed by atoms with E-state index in [9.17, 15) is 14.9 Å². The third-order valence-electron chi connectivity index (χ3n) is 3.69. The third kappa shape index (κ3) is 4.19. The van der Waals surface area contributed by atoms with Gasteiger partial charge in [-0.1, -0.05) is 13.8 Å². The normalized spacial score (nSPS) is 12.1. The summed E-state index contributed by atoms with van der Waals surface area (Å²) >= 11 is 0. The maximum absolute atomic E-state index is 12.5. The van der Waals surface area contributed by atoms with Crippen molar-refractivity contribution in [3.63, 3.8) is 0 Å². The fourth-order valence-corrected chi connectivity index (χ4v) is 2.43. The summed E-state index contributed by atoms with van der Waals surface area (Å²) in [6, 6.07) is 4.70. The first kappa shape index (κ1) is 17.9. The Morgan fingerprint density at radius 3 is 2.27 bits per heavy atom. The lowest BCUT2D eigenvalue weighted by atomic mass is 10.0. The maximum Gasteiger partial charge on any atom is 0.293 e. The van der Waals surface area contributed by atoms with Crippen LogP contribution in [0.2, 0.25) is 0 Å². The van der Waals surface area contributed by atoms with Gasteiger partial charge < -0.3 is 9.80 Å². The maximum atomic E-state index is 12.5. The standard InChI is InChI=1S/C16H25N3O3/c1-11(2)9-12(3)18(6)16(20)13-7-8-14(17(4)5)15(10-13)19(21)22/h7-8,10-12H,9H2,1-6H3/t12-/m1/s1. The Kier molecular flexibility index (Phi) is 5.91. The van der Waals surface area contributed by atoms with Gasteiger partial charge in [0, 0.05) is 38.8 Å². The van der Waals surface area contributed by atoms with Crippen molar-refractivity contribution in [3.05, 3.63) is 33.9 Å². The molecule has 0 bridgehead atoms. The molecule has 1 aromatic carbocycles. The second-order valence-corrected chi connectivity index (χ2v) is 6.25. The van der Waals surface area contributed by atoms with E-state index in [4.69, 9.17) is 0 Å². The van der Waals surface area contributed by atoms with Crippen molar-refractivity contribution in [1.29, 1.82) is 0 Å². The van der Waals surface area contributed by atoms with Crippen LogP contribution in [0.3, 0.4) is 0 Å². The largest absolute Gasteiger partial charge is 0.372 e. The lowest BCUT2D eigenvalue weighted by molar-refractivity contribution is -0.384. The van der Waals surface area contributed by atoms with Crippen molar-refractivity contribution in [1.82, 2.24) is 4.90 Å². The van der Waals surface area contributed by atoms with E-state index in [-0.39, 0.29) is 17.6 Å². The van der Waals surface area contributed by atoms with Crippen molar-refractivity contribution in [3.8, 4) is 0 Å². The van der Waals surface area contributed by atoms with Crippen molar-refractivity contribution < 1.29 is 9.72 Å². The first-order valence-electron chi connectivity index (χ1n) is 7.38. The van der Waals surface area contributed by atoms with E-state index in [0.29, 0.717) is 17.2 Å². The molecule has 0 unspecified atom stereocenters. The highest BCUT2D eigenvalue weighted by Gasteiger charge is 2.23. The second-order valence-electron chi connectivity index (χ2n) is 6.25. The zero-order valence-corrected chi connectivity index (χ0v) is 14.2. The Morgan fingerprint density at radius 1 is 1.23 bits per heavy atom. The number of nitro benzene ring substituents is 1. The number of benzene rings is 1. The molecule has 122 valence electrons. The van der Waals surface area contributed by atoms with Crippen molar-refractivity contribution >= 4 is 17.3 Å². The van der Waals surface area contributed by atoms with Gasteiger partial charge in [-0.05, 0) is 31.4 Å². The zero-order valence-electron chi connectivity index (χ0n) is 14.2. The average Bonchev–Trinajstić information content (AvgIpc) is 2.44. The molecule has 0 N–H and O–H groups in total. The van der Waals surface area contributed by atoms with Gasteiger partial charge in [0.2, 0.25) is 0 Å². The number of nitro groups is 1. The fraction of sp³-hybridized carbons (Fsp3) is 0.562. The number of amides is 1. The van der Waals surface area contributed by atoms with Gasteiger partial charge in [-0.25, -0.2) is 0 Å². The molecular weight excluding hydrogens is 282 g/mol. The van der Waals surface area contributed by atoms with Crippen molar-refractivity contribution in [2.24, 2.45) is 5.92 Å². The molecule has 1 aromatic rings. The van der Waals surface area contributed by atoms with E-state index in [0.717, 1.165) is 6.42 Å². The molecule has 0 spiro atoms. The number of hydrogen-bond donors (Lipinski definition) is 0. The van der Waals surface area contributed by atoms with E-state index in [2.05, 4.69) is 13.8 Å². The number of carbonyl (C=O) groups is 1. The average molecular weight is 307 g/mol. The Morgan fingerprint density at radius 2 is 1.82 bits per heavy atom. The lowest BCUT2D eigenvalue weighted by Gasteiger charge is -2.26. The van der Waals surface area contributed by atoms with Crippen LogP contribution in [0, 0.1) is 16.0 Å². The highest BCUT2D eigenvalue weighted by atomic mass is 16.6. The number of anilines is 1. The molecule has 1 atom stereocenters.